The first-order valence-corrected chi connectivity index (χ1v) is 7.42. The van der Waals surface area contributed by atoms with Crippen molar-refractivity contribution >= 4 is 34.4 Å². The monoisotopic (exact) mass is 338 g/mol. The highest BCUT2D eigenvalue weighted by atomic mass is 35.5. The largest absolute Gasteiger partial charge is 0.329 e. The van der Waals surface area contributed by atoms with E-state index in [1.807, 2.05) is 18.2 Å². The number of nitrogens with zero attached hydrogens (tertiary/aromatic N) is 3. The molecule has 6 nitrogen and oxygen atoms in total. The zero-order chi connectivity index (χ0) is 15.9. The Kier molecular flexibility index (Phi) is 3.80. The molecule has 0 bridgehead atoms. The van der Waals surface area contributed by atoms with Gasteiger partial charge in [0.2, 0.25) is 0 Å². The lowest BCUT2D eigenvalue weighted by Gasteiger charge is -2.09. The van der Waals surface area contributed by atoms with E-state index in [-0.39, 0.29) is 5.88 Å². The van der Waals surface area contributed by atoms with E-state index in [9.17, 15) is 9.59 Å². The summed E-state index contributed by atoms with van der Waals surface area (Å²) >= 11 is 12.1. The van der Waals surface area contributed by atoms with Gasteiger partial charge in [0.25, 0.3) is 5.56 Å². The minimum absolute atomic E-state index is 0.118. The van der Waals surface area contributed by atoms with E-state index in [2.05, 4.69) is 9.97 Å². The number of H-pyrrole nitrogens is 1. The first kappa shape index (κ1) is 14.9. The molecule has 0 saturated heterocycles. The highest BCUT2D eigenvalue weighted by Gasteiger charge is 2.17. The number of aromatic amines is 1. The molecule has 1 aromatic carbocycles. The number of benzene rings is 1. The number of aromatic nitrogens is 4. The summed E-state index contributed by atoms with van der Waals surface area (Å²) in [6.07, 6.45) is 0. The molecular formula is C14H12Cl2N4O2. The standard InChI is InChI=1S/C14H12Cl2N4O2/c1-19-12-11(13(21)18-14(19)22)20(10(6-15)17-12)7-8-4-2-3-5-9(8)16/h2-5H,6-7H2,1H3,(H,18,21,22). The maximum absolute atomic E-state index is 12.2. The summed E-state index contributed by atoms with van der Waals surface area (Å²) in [5.74, 6) is 0.621. The second-order valence-electron chi connectivity index (χ2n) is 4.83. The van der Waals surface area contributed by atoms with Gasteiger partial charge in [-0.05, 0) is 11.6 Å². The third-order valence-electron chi connectivity index (χ3n) is 3.49. The molecule has 22 heavy (non-hydrogen) atoms. The van der Waals surface area contributed by atoms with Crippen LogP contribution in [-0.2, 0) is 19.5 Å². The number of aryl methyl sites for hydroxylation is 1. The normalized spacial score (nSPS) is 11.2. The fraction of sp³-hybridized carbons (Fsp3) is 0.214. The van der Waals surface area contributed by atoms with Crippen molar-refractivity contribution in [2.45, 2.75) is 12.4 Å². The van der Waals surface area contributed by atoms with Gasteiger partial charge in [0.1, 0.15) is 5.82 Å². The van der Waals surface area contributed by atoms with Crippen LogP contribution in [0.2, 0.25) is 5.02 Å². The van der Waals surface area contributed by atoms with Crippen molar-refractivity contribution in [1.29, 1.82) is 0 Å². The first-order valence-electron chi connectivity index (χ1n) is 6.50. The Labute approximate surface area is 134 Å². The molecule has 0 atom stereocenters. The molecule has 8 heteroatoms. The van der Waals surface area contributed by atoms with Gasteiger partial charge < -0.3 is 4.57 Å². The van der Waals surface area contributed by atoms with Crippen molar-refractivity contribution in [2.24, 2.45) is 7.05 Å². The zero-order valence-corrected chi connectivity index (χ0v) is 13.1. The summed E-state index contributed by atoms with van der Waals surface area (Å²) in [5.41, 5.74) is 0.437. The van der Waals surface area contributed by atoms with Crippen LogP contribution in [0.25, 0.3) is 11.2 Å². The number of alkyl halides is 1. The van der Waals surface area contributed by atoms with Crippen molar-refractivity contribution in [2.75, 3.05) is 0 Å². The van der Waals surface area contributed by atoms with Crippen LogP contribution in [0, 0.1) is 0 Å². The molecule has 0 spiro atoms. The van der Waals surface area contributed by atoms with Gasteiger partial charge in [-0.1, -0.05) is 29.8 Å². The van der Waals surface area contributed by atoms with Crippen LogP contribution >= 0.6 is 23.2 Å². The second-order valence-corrected chi connectivity index (χ2v) is 5.50. The fourth-order valence-electron chi connectivity index (χ4n) is 2.35. The van der Waals surface area contributed by atoms with Gasteiger partial charge >= 0.3 is 5.69 Å². The van der Waals surface area contributed by atoms with Crippen LogP contribution < -0.4 is 11.2 Å². The summed E-state index contributed by atoms with van der Waals surface area (Å²) in [6.45, 7) is 0.347. The Bertz CT molecular complexity index is 971. The van der Waals surface area contributed by atoms with Crippen molar-refractivity contribution < 1.29 is 0 Å². The molecule has 3 rings (SSSR count). The smallest absolute Gasteiger partial charge is 0.317 e. The fourth-order valence-corrected chi connectivity index (χ4v) is 2.75. The summed E-state index contributed by atoms with van der Waals surface area (Å²) < 4.78 is 2.97. The topological polar surface area (TPSA) is 72.7 Å². The first-order chi connectivity index (χ1) is 10.5. The number of fused-ring (bicyclic) bond motifs is 1. The molecule has 0 amide bonds. The molecule has 114 valence electrons. The molecular weight excluding hydrogens is 327 g/mol. The quantitative estimate of drug-likeness (QED) is 0.741. The average molecular weight is 339 g/mol. The zero-order valence-electron chi connectivity index (χ0n) is 11.6. The van der Waals surface area contributed by atoms with Gasteiger partial charge in [-0.2, -0.15) is 0 Å². The molecule has 0 unspecified atom stereocenters. The highest BCUT2D eigenvalue weighted by molar-refractivity contribution is 6.31. The maximum atomic E-state index is 12.2. The van der Waals surface area contributed by atoms with Gasteiger partial charge in [-0.25, -0.2) is 9.78 Å². The van der Waals surface area contributed by atoms with Gasteiger partial charge in [0.05, 0.1) is 12.4 Å². The number of rotatable bonds is 3. The molecule has 2 aromatic heterocycles. The number of hydrogen-bond acceptors (Lipinski definition) is 3. The van der Waals surface area contributed by atoms with Crippen LogP contribution in [0.5, 0.6) is 0 Å². The van der Waals surface area contributed by atoms with E-state index in [0.29, 0.717) is 28.6 Å². The Morgan fingerprint density at radius 1 is 1.27 bits per heavy atom. The summed E-state index contributed by atoms with van der Waals surface area (Å²) in [4.78, 5) is 30.4. The van der Waals surface area contributed by atoms with Crippen LogP contribution in [0.4, 0.5) is 0 Å². The Morgan fingerprint density at radius 3 is 2.68 bits per heavy atom. The van der Waals surface area contributed by atoms with E-state index in [1.54, 1.807) is 17.7 Å². The van der Waals surface area contributed by atoms with E-state index in [4.69, 9.17) is 23.2 Å². The van der Waals surface area contributed by atoms with Crippen molar-refractivity contribution in [1.82, 2.24) is 19.1 Å². The molecule has 2 heterocycles. The van der Waals surface area contributed by atoms with Crippen LogP contribution in [-0.4, -0.2) is 19.1 Å². The molecule has 0 aliphatic heterocycles. The van der Waals surface area contributed by atoms with E-state index in [0.717, 1.165) is 5.56 Å². The van der Waals surface area contributed by atoms with Crippen LogP contribution in [0.1, 0.15) is 11.4 Å². The van der Waals surface area contributed by atoms with Gasteiger partial charge in [-0.3, -0.25) is 14.3 Å². The molecule has 0 aliphatic carbocycles. The minimum atomic E-state index is -0.513. The number of halogens is 2. The number of hydrogen-bond donors (Lipinski definition) is 1. The molecule has 1 N–H and O–H groups in total. The molecule has 3 aromatic rings. The Morgan fingerprint density at radius 2 is 2.00 bits per heavy atom. The van der Waals surface area contributed by atoms with E-state index >= 15 is 0 Å². The lowest BCUT2D eigenvalue weighted by Crippen LogP contribution is -2.29. The lowest BCUT2D eigenvalue weighted by molar-refractivity contribution is 0.773. The summed E-state index contributed by atoms with van der Waals surface area (Å²) in [7, 11) is 1.55. The Hall–Kier alpha value is -2.05. The predicted octanol–water partition coefficient (Wildman–Crippen LogP) is 1.86. The number of imidazole rings is 1. The molecule has 0 radical (unpaired) electrons. The predicted molar refractivity (Wildman–Crippen MR) is 85.7 cm³/mol. The second kappa shape index (κ2) is 5.62. The lowest BCUT2D eigenvalue weighted by atomic mass is 10.2. The van der Waals surface area contributed by atoms with Crippen molar-refractivity contribution in [3.05, 3.63) is 61.5 Å². The van der Waals surface area contributed by atoms with Gasteiger partial charge in [0, 0.05) is 12.1 Å². The molecule has 0 aliphatic rings. The molecule has 0 saturated carbocycles. The van der Waals surface area contributed by atoms with Crippen LogP contribution in [0.3, 0.4) is 0 Å². The highest BCUT2D eigenvalue weighted by Crippen LogP contribution is 2.20. The number of nitrogens with one attached hydrogen (secondary N) is 1. The van der Waals surface area contributed by atoms with Crippen LogP contribution in [0.15, 0.2) is 33.9 Å². The molecule has 0 fully saturated rings. The van der Waals surface area contributed by atoms with Gasteiger partial charge in [0.15, 0.2) is 11.2 Å². The summed E-state index contributed by atoms with van der Waals surface area (Å²) in [6, 6.07) is 7.33. The third kappa shape index (κ3) is 2.34. The van der Waals surface area contributed by atoms with E-state index < -0.39 is 11.2 Å². The van der Waals surface area contributed by atoms with Crippen molar-refractivity contribution in [3.63, 3.8) is 0 Å². The third-order valence-corrected chi connectivity index (χ3v) is 4.10. The van der Waals surface area contributed by atoms with Crippen molar-refractivity contribution in [3.8, 4) is 0 Å². The van der Waals surface area contributed by atoms with E-state index in [1.165, 1.54) is 4.57 Å². The Balaban J connectivity index is 2.29. The van der Waals surface area contributed by atoms with Gasteiger partial charge in [-0.15, -0.1) is 11.6 Å². The minimum Gasteiger partial charge on any atom is -0.317 e. The SMILES string of the molecule is Cn1c(=O)[nH]c(=O)c2c1nc(CCl)n2Cc1ccccc1Cl. The summed E-state index contributed by atoms with van der Waals surface area (Å²) in [5, 5.41) is 0.589. The average Bonchev–Trinajstić information content (AvgIpc) is 2.86. The maximum Gasteiger partial charge on any atom is 0.329 e.